The molecule has 0 fully saturated rings. The van der Waals surface area contributed by atoms with E-state index in [2.05, 4.69) is 10.1 Å². The third kappa shape index (κ3) is 3.16. The first kappa shape index (κ1) is 16.2. The molecule has 7 nitrogen and oxygen atoms in total. The summed E-state index contributed by atoms with van der Waals surface area (Å²) in [6.45, 7) is 2.43. The number of amides is 1. The maximum atomic E-state index is 12.7. The van der Waals surface area contributed by atoms with Crippen LogP contribution in [0, 0.1) is 0 Å². The molecule has 1 atom stereocenters. The van der Waals surface area contributed by atoms with Gasteiger partial charge < -0.3 is 18.6 Å². The lowest BCUT2D eigenvalue weighted by Gasteiger charge is -2.23. The highest BCUT2D eigenvalue weighted by atomic mass is 16.5. The van der Waals surface area contributed by atoms with E-state index in [9.17, 15) is 4.79 Å². The van der Waals surface area contributed by atoms with Crippen molar-refractivity contribution in [2.24, 2.45) is 0 Å². The molecule has 0 aliphatic heterocycles. The molecule has 0 saturated heterocycles. The van der Waals surface area contributed by atoms with Crippen molar-refractivity contribution >= 4 is 17.0 Å². The monoisotopic (exact) mass is 329 g/mol. The summed E-state index contributed by atoms with van der Waals surface area (Å²) in [6.07, 6.45) is 2.09. The minimum absolute atomic E-state index is 0.123. The van der Waals surface area contributed by atoms with E-state index >= 15 is 0 Å². The van der Waals surface area contributed by atoms with Gasteiger partial charge in [0.1, 0.15) is 17.5 Å². The summed E-state index contributed by atoms with van der Waals surface area (Å²) in [4.78, 5) is 18.7. The van der Waals surface area contributed by atoms with Gasteiger partial charge in [-0.3, -0.25) is 4.79 Å². The Morgan fingerprint density at radius 1 is 1.38 bits per heavy atom. The van der Waals surface area contributed by atoms with Crippen molar-refractivity contribution in [1.29, 1.82) is 0 Å². The molecule has 0 radical (unpaired) electrons. The first-order chi connectivity index (χ1) is 11.6. The van der Waals surface area contributed by atoms with Crippen LogP contribution >= 0.6 is 0 Å². The molecule has 0 aliphatic rings. The quantitative estimate of drug-likeness (QED) is 0.691. The number of hydrogen-bond acceptors (Lipinski definition) is 6. The van der Waals surface area contributed by atoms with Gasteiger partial charge in [0.2, 0.25) is 0 Å². The van der Waals surface area contributed by atoms with Crippen LogP contribution in [0.15, 0.2) is 39.5 Å². The molecule has 0 spiro atoms. The zero-order chi connectivity index (χ0) is 17.1. The van der Waals surface area contributed by atoms with Crippen LogP contribution in [0.25, 0.3) is 11.1 Å². The summed E-state index contributed by atoms with van der Waals surface area (Å²) in [6, 6.07) is 6.80. The third-order valence-electron chi connectivity index (χ3n) is 3.99. The highest BCUT2D eigenvalue weighted by molar-refractivity contribution is 5.97. The predicted molar refractivity (Wildman–Crippen MR) is 86.6 cm³/mol. The number of carbonyl (C=O) groups excluding carboxylic acids is 1. The number of oxazole rings is 1. The van der Waals surface area contributed by atoms with Crippen molar-refractivity contribution < 1.29 is 18.5 Å². The molecule has 7 heteroatoms. The van der Waals surface area contributed by atoms with Gasteiger partial charge in [0, 0.05) is 32.2 Å². The molecule has 1 amide bonds. The average Bonchev–Trinajstić information content (AvgIpc) is 3.26. The molecule has 24 heavy (non-hydrogen) atoms. The number of carbonyl (C=O) groups is 1. The van der Waals surface area contributed by atoms with Crippen LogP contribution in [0.2, 0.25) is 0 Å². The third-order valence-corrected chi connectivity index (χ3v) is 3.99. The molecule has 126 valence electrons. The highest BCUT2D eigenvalue weighted by Gasteiger charge is 2.21. The molecule has 2 aromatic heterocycles. The maximum absolute atomic E-state index is 12.7. The molecule has 0 bridgehead atoms. The molecule has 0 saturated carbocycles. The molecule has 3 rings (SSSR count). The Bertz CT molecular complexity index is 826. The lowest BCUT2D eigenvalue weighted by atomic mass is 10.1. The first-order valence-electron chi connectivity index (χ1n) is 7.66. The number of rotatable bonds is 6. The van der Waals surface area contributed by atoms with Gasteiger partial charge in [-0.15, -0.1) is 0 Å². The van der Waals surface area contributed by atoms with E-state index in [1.54, 1.807) is 43.3 Å². The van der Waals surface area contributed by atoms with Gasteiger partial charge in [0.05, 0.1) is 12.6 Å². The number of nitrogens with zero attached hydrogens (tertiary/aromatic N) is 3. The second kappa shape index (κ2) is 6.84. The van der Waals surface area contributed by atoms with E-state index in [0.29, 0.717) is 35.8 Å². The first-order valence-corrected chi connectivity index (χ1v) is 7.66. The number of methoxy groups -OCH3 is 1. The maximum Gasteiger partial charge on any atom is 0.254 e. The van der Waals surface area contributed by atoms with E-state index in [-0.39, 0.29) is 11.9 Å². The van der Waals surface area contributed by atoms with Gasteiger partial charge in [0.25, 0.3) is 5.91 Å². The summed E-state index contributed by atoms with van der Waals surface area (Å²) in [7, 11) is 3.36. The topological polar surface area (TPSA) is 81.6 Å². The van der Waals surface area contributed by atoms with E-state index in [1.165, 1.54) is 6.26 Å². The summed E-state index contributed by atoms with van der Waals surface area (Å²) in [5.41, 5.74) is 2.56. The Morgan fingerprint density at radius 3 is 2.92 bits per heavy atom. The van der Waals surface area contributed by atoms with Crippen molar-refractivity contribution in [3.63, 3.8) is 0 Å². The van der Waals surface area contributed by atoms with Gasteiger partial charge >= 0.3 is 0 Å². The van der Waals surface area contributed by atoms with Gasteiger partial charge in [-0.1, -0.05) is 5.16 Å². The van der Waals surface area contributed by atoms with Crippen molar-refractivity contribution in [3.8, 4) is 0 Å². The fourth-order valence-electron chi connectivity index (χ4n) is 2.42. The minimum Gasteiger partial charge on any atom is -0.441 e. The zero-order valence-electron chi connectivity index (χ0n) is 13.9. The Balaban J connectivity index is 1.81. The molecule has 0 aliphatic carbocycles. The molecule has 1 unspecified atom stereocenters. The molecule has 1 aromatic carbocycles. The second-order valence-electron chi connectivity index (χ2n) is 5.55. The molecule has 2 heterocycles. The Morgan fingerprint density at radius 2 is 2.21 bits per heavy atom. The normalized spacial score (nSPS) is 12.5. The van der Waals surface area contributed by atoms with Crippen molar-refractivity contribution in [3.05, 3.63) is 47.7 Å². The Hall–Kier alpha value is -2.67. The number of benzene rings is 1. The van der Waals surface area contributed by atoms with Crippen LogP contribution < -0.4 is 0 Å². The molecule has 3 aromatic rings. The fraction of sp³-hybridized carbons (Fsp3) is 0.353. The zero-order valence-corrected chi connectivity index (χ0v) is 13.9. The van der Waals surface area contributed by atoms with Gasteiger partial charge in [0.15, 0.2) is 11.5 Å². The van der Waals surface area contributed by atoms with Crippen LogP contribution in [0.3, 0.4) is 0 Å². The highest BCUT2D eigenvalue weighted by Crippen LogP contribution is 2.22. The van der Waals surface area contributed by atoms with Crippen LogP contribution in [-0.2, 0) is 11.2 Å². The smallest absolute Gasteiger partial charge is 0.254 e. The van der Waals surface area contributed by atoms with E-state index in [1.807, 2.05) is 6.92 Å². The van der Waals surface area contributed by atoms with Crippen LogP contribution in [0.4, 0.5) is 0 Å². The minimum atomic E-state index is -0.195. The largest absolute Gasteiger partial charge is 0.441 e. The van der Waals surface area contributed by atoms with Gasteiger partial charge in [-0.2, -0.15) is 0 Å². The van der Waals surface area contributed by atoms with Crippen LogP contribution in [-0.4, -0.2) is 41.7 Å². The van der Waals surface area contributed by atoms with Gasteiger partial charge in [-0.25, -0.2) is 4.98 Å². The average molecular weight is 329 g/mol. The van der Waals surface area contributed by atoms with E-state index in [4.69, 9.17) is 13.7 Å². The molecular formula is C17H19N3O4. The standard InChI is InChI=1S/C17H19N3O4/c1-11(13-6-9-23-19-13)20(2)17(21)12-4-5-14-15(10-12)24-16(18-14)7-8-22-3/h4-6,9-11H,7-8H2,1-3H3. The van der Waals surface area contributed by atoms with E-state index < -0.39 is 0 Å². The lowest BCUT2D eigenvalue weighted by Crippen LogP contribution is -2.29. The van der Waals surface area contributed by atoms with Crippen molar-refractivity contribution in [2.75, 3.05) is 20.8 Å². The molecule has 0 N–H and O–H groups in total. The van der Waals surface area contributed by atoms with Crippen molar-refractivity contribution in [1.82, 2.24) is 15.0 Å². The number of fused-ring (bicyclic) bond motifs is 1. The summed E-state index contributed by atoms with van der Waals surface area (Å²) in [5.74, 6) is 0.475. The Kier molecular flexibility index (Phi) is 4.61. The predicted octanol–water partition coefficient (Wildman–Crippen LogP) is 2.84. The summed E-state index contributed by atoms with van der Waals surface area (Å²) < 4.78 is 15.5. The Labute approximate surface area is 139 Å². The van der Waals surface area contributed by atoms with Gasteiger partial charge in [-0.05, 0) is 25.1 Å². The van der Waals surface area contributed by atoms with Crippen molar-refractivity contribution in [2.45, 2.75) is 19.4 Å². The fourth-order valence-corrected chi connectivity index (χ4v) is 2.42. The second-order valence-corrected chi connectivity index (χ2v) is 5.55. The number of hydrogen-bond donors (Lipinski definition) is 0. The summed E-state index contributed by atoms with van der Waals surface area (Å²) in [5, 5.41) is 3.89. The molecular weight excluding hydrogens is 310 g/mol. The van der Waals surface area contributed by atoms with Crippen LogP contribution in [0.1, 0.15) is 34.9 Å². The lowest BCUT2D eigenvalue weighted by molar-refractivity contribution is 0.0737. The summed E-state index contributed by atoms with van der Waals surface area (Å²) >= 11 is 0. The SMILES string of the molecule is COCCc1nc2ccc(C(=O)N(C)C(C)c3ccon3)cc2o1. The number of aromatic nitrogens is 2. The number of ether oxygens (including phenoxy) is 1. The van der Waals surface area contributed by atoms with Crippen LogP contribution in [0.5, 0.6) is 0 Å². The van der Waals surface area contributed by atoms with E-state index in [0.717, 1.165) is 5.52 Å².